The van der Waals surface area contributed by atoms with E-state index in [9.17, 15) is 41.9 Å². The van der Waals surface area contributed by atoms with Crippen LogP contribution in [0.1, 0.15) is 129 Å². The molecule has 0 aromatic heterocycles. The number of esters is 1. The number of methoxy groups -OCH3 is 1. The van der Waals surface area contributed by atoms with Crippen LogP contribution in [0.25, 0.3) is 0 Å². The third-order valence-corrected chi connectivity index (χ3v) is 5.65. The molecular formula is C33H61F3N2O8. The molecule has 1 atom stereocenters. The first-order valence-electron chi connectivity index (χ1n) is 14.8. The van der Waals surface area contributed by atoms with E-state index in [0.29, 0.717) is 12.8 Å². The van der Waals surface area contributed by atoms with Crippen LogP contribution >= 0.6 is 0 Å². The SMILES string of the molecule is C.CC(C)(C)C(=O)NC1CCCC1=O.CC(C)(C)C(=O)NCC(=O)CCC(F)(F)F.CC(C)(C)C(=O)O.COC(=O)CC(C)(C)C. The number of hydrogen-bond acceptors (Lipinski definition) is 7. The lowest BCUT2D eigenvalue weighted by atomic mass is 9.93. The molecule has 1 aliphatic rings. The summed E-state index contributed by atoms with van der Waals surface area (Å²) < 4.78 is 39.8. The summed E-state index contributed by atoms with van der Waals surface area (Å²) in [6, 6.07) is -0.216. The summed E-state index contributed by atoms with van der Waals surface area (Å²) in [6.45, 7) is 21.2. The van der Waals surface area contributed by atoms with Crippen molar-refractivity contribution in [1.29, 1.82) is 0 Å². The Labute approximate surface area is 274 Å². The van der Waals surface area contributed by atoms with Crippen molar-refractivity contribution in [3.8, 4) is 0 Å². The maximum atomic E-state index is 11.8. The second-order valence-electron chi connectivity index (χ2n) is 15.1. The number of halogens is 3. The maximum absolute atomic E-state index is 11.8. The zero-order chi connectivity index (χ0) is 36.6. The van der Waals surface area contributed by atoms with E-state index in [1.165, 1.54) is 7.11 Å². The van der Waals surface area contributed by atoms with Gasteiger partial charge in [-0.05, 0) is 39.0 Å². The van der Waals surface area contributed by atoms with Gasteiger partial charge in [-0.1, -0.05) is 69.7 Å². The molecule has 0 radical (unpaired) electrons. The normalized spacial score (nSPS) is 14.8. The van der Waals surface area contributed by atoms with Gasteiger partial charge >= 0.3 is 18.1 Å². The van der Waals surface area contributed by atoms with Crippen molar-refractivity contribution in [1.82, 2.24) is 10.6 Å². The molecule has 2 amide bonds. The Morgan fingerprint density at radius 3 is 1.52 bits per heavy atom. The molecule has 1 fully saturated rings. The molecule has 46 heavy (non-hydrogen) atoms. The van der Waals surface area contributed by atoms with Gasteiger partial charge in [-0.2, -0.15) is 13.2 Å². The third-order valence-electron chi connectivity index (χ3n) is 5.65. The Hall–Kier alpha value is -2.99. The highest BCUT2D eigenvalue weighted by atomic mass is 19.4. The molecule has 0 aromatic carbocycles. The van der Waals surface area contributed by atoms with E-state index in [1.807, 2.05) is 41.5 Å². The molecule has 3 N–H and O–H groups in total. The number of carbonyl (C=O) groups excluding carboxylic acids is 5. The van der Waals surface area contributed by atoms with Crippen molar-refractivity contribution >= 4 is 35.3 Å². The number of Topliss-reactive ketones (excluding diaryl/α,β-unsaturated/α-hetero) is 2. The standard InChI is InChI=1S/C10H16F3NO2.C10H17NO2.C7H14O2.C5H10O2.CH4/c1-9(2,3)8(16)14-6-7(15)4-5-10(11,12)13;1-10(2,3)9(13)11-7-5-4-6-8(7)12;1-7(2,3)5-6(8)9-4;1-5(2,3)4(6)7;/h4-6H2,1-3H3,(H,14,16);7H,4-6H2,1-3H3,(H,11,13);5H2,1-4H3;1-3H3,(H,6,7);1H4. The van der Waals surface area contributed by atoms with Gasteiger partial charge in [-0.3, -0.25) is 28.8 Å². The molecule has 0 aliphatic heterocycles. The average Bonchev–Trinajstić information content (AvgIpc) is 3.23. The highest BCUT2D eigenvalue weighted by molar-refractivity contribution is 5.92. The second-order valence-corrected chi connectivity index (χ2v) is 15.1. The van der Waals surface area contributed by atoms with Gasteiger partial charge < -0.3 is 20.5 Å². The molecular weight excluding hydrogens is 609 g/mol. The lowest BCUT2D eigenvalue weighted by molar-refractivity contribution is -0.146. The van der Waals surface area contributed by atoms with Crippen LogP contribution in [0.2, 0.25) is 0 Å². The van der Waals surface area contributed by atoms with E-state index in [-0.39, 0.29) is 49.0 Å². The van der Waals surface area contributed by atoms with Crippen molar-refractivity contribution in [3.63, 3.8) is 0 Å². The Morgan fingerprint density at radius 1 is 0.826 bits per heavy atom. The lowest BCUT2D eigenvalue weighted by Gasteiger charge is -2.20. The number of carboxylic acid groups (broad SMARTS) is 1. The van der Waals surface area contributed by atoms with Gasteiger partial charge in [-0.25, -0.2) is 0 Å². The lowest BCUT2D eigenvalue weighted by Crippen LogP contribution is -2.43. The summed E-state index contributed by atoms with van der Waals surface area (Å²) in [5, 5.41) is 13.3. The van der Waals surface area contributed by atoms with Crippen LogP contribution in [0, 0.1) is 21.7 Å². The Balaban J connectivity index is -0.000000265. The van der Waals surface area contributed by atoms with Crippen LogP contribution in [0.5, 0.6) is 0 Å². The minimum atomic E-state index is -4.33. The summed E-state index contributed by atoms with van der Waals surface area (Å²) in [4.78, 5) is 65.6. The van der Waals surface area contributed by atoms with Crippen molar-refractivity contribution in [3.05, 3.63) is 0 Å². The van der Waals surface area contributed by atoms with Gasteiger partial charge in [-0.15, -0.1) is 0 Å². The Kier molecular flexibility index (Phi) is 22.8. The van der Waals surface area contributed by atoms with Crippen LogP contribution in [0.15, 0.2) is 0 Å². The first-order chi connectivity index (χ1) is 19.8. The van der Waals surface area contributed by atoms with Gasteiger partial charge in [0.05, 0.1) is 38.0 Å². The largest absolute Gasteiger partial charge is 0.481 e. The monoisotopic (exact) mass is 670 g/mol. The highest BCUT2D eigenvalue weighted by Crippen LogP contribution is 2.22. The third kappa shape index (κ3) is 29.7. The maximum Gasteiger partial charge on any atom is 0.389 e. The summed E-state index contributed by atoms with van der Waals surface area (Å²) >= 11 is 0. The summed E-state index contributed by atoms with van der Waals surface area (Å²) in [5.74, 6) is -1.72. The minimum Gasteiger partial charge on any atom is -0.481 e. The Morgan fingerprint density at radius 2 is 1.26 bits per heavy atom. The topological polar surface area (TPSA) is 156 Å². The smallest absolute Gasteiger partial charge is 0.389 e. The van der Waals surface area contributed by atoms with Crippen LogP contribution in [0.4, 0.5) is 13.2 Å². The van der Waals surface area contributed by atoms with Crippen LogP contribution in [-0.4, -0.2) is 66.3 Å². The van der Waals surface area contributed by atoms with Gasteiger partial charge in [0.1, 0.15) is 0 Å². The molecule has 1 rings (SSSR count). The number of alkyl halides is 3. The number of amides is 2. The van der Waals surface area contributed by atoms with Gasteiger partial charge in [0.2, 0.25) is 11.8 Å². The summed E-state index contributed by atoms with van der Waals surface area (Å²) in [7, 11) is 1.41. The first kappa shape index (κ1) is 49.9. The van der Waals surface area contributed by atoms with Crippen LogP contribution < -0.4 is 10.6 Å². The van der Waals surface area contributed by atoms with E-state index >= 15 is 0 Å². The number of rotatable bonds is 6. The zero-order valence-corrected chi connectivity index (χ0v) is 29.5. The molecule has 1 aliphatic carbocycles. The number of ketones is 2. The average molecular weight is 671 g/mol. The summed E-state index contributed by atoms with van der Waals surface area (Å²) in [5.41, 5.74) is -1.58. The molecule has 1 unspecified atom stereocenters. The first-order valence-corrected chi connectivity index (χ1v) is 14.8. The van der Waals surface area contributed by atoms with E-state index in [0.717, 1.165) is 12.8 Å². The van der Waals surface area contributed by atoms with E-state index in [2.05, 4.69) is 15.4 Å². The highest BCUT2D eigenvalue weighted by Gasteiger charge is 2.30. The molecule has 13 heteroatoms. The molecule has 1 saturated carbocycles. The fourth-order valence-electron chi connectivity index (χ4n) is 2.66. The number of carbonyl (C=O) groups is 6. The zero-order valence-electron chi connectivity index (χ0n) is 29.5. The molecule has 0 bridgehead atoms. The van der Waals surface area contributed by atoms with Crippen LogP contribution in [-0.2, 0) is 33.5 Å². The predicted molar refractivity (Wildman–Crippen MR) is 173 cm³/mol. The van der Waals surface area contributed by atoms with Crippen molar-refractivity contribution < 1.29 is 51.8 Å². The fraction of sp³-hybridized carbons (Fsp3) is 0.818. The van der Waals surface area contributed by atoms with Crippen LogP contribution in [0.3, 0.4) is 0 Å². The molecule has 0 heterocycles. The minimum absolute atomic E-state index is 0. The van der Waals surface area contributed by atoms with Crippen molar-refractivity contribution in [2.75, 3.05) is 13.7 Å². The number of ether oxygens (including phenoxy) is 1. The predicted octanol–water partition coefficient (Wildman–Crippen LogP) is 6.68. The second kappa shape index (κ2) is 21.0. The molecule has 0 spiro atoms. The molecule has 0 aromatic rings. The van der Waals surface area contributed by atoms with E-state index < -0.39 is 47.0 Å². The van der Waals surface area contributed by atoms with Crippen molar-refractivity contribution in [2.24, 2.45) is 21.7 Å². The molecule has 10 nitrogen and oxygen atoms in total. The van der Waals surface area contributed by atoms with Gasteiger partial charge in [0, 0.05) is 23.7 Å². The van der Waals surface area contributed by atoms with Gasteiger partial charge in [0.25, 0.3) is 0 Å². The number of carboxylic acids is 1. The number of hydrogen-bond donors (Lipinski definition) is 3. The van der Waals surface area contributed by atoms with Gasteiger partial charge in [0.15, 0.2) is 11.6 Å². The molecule has 0 saturated heterocycles. The summed E-state index contributed by atoms with van der Waals surface area (Å²) in [6.07, 6.45) is -3.23. The number of aliphatic carboxylic acids is 1. The Bertz CT molecular complexity index is 981. The van der Waals surface area contributed by atoms with E-state index in [1.54, 1.807) is 41.5 Å². The van der Waals surface area contributed by atoms with Crippen molar-refractivity contribution in [2.45, 2.75) is 141 Å². The van der Waals surface area contributed by atoms with E-state index in [4.69, 9.17) is 5.11 Å². The quantitative estimate of drug-likeness (QED) is 0.264. The molecule has 272 valence electrons. The number of nitrogens with one attached hydrogen (secondary N) is 2. The fourth-order valence-corrected chi connectivity index (χ4v) is 2.66.